The number of carbonyl (C=O) groups is 1. The zero-order valence-electron chi connectivity index (χ0n) is 17.1. The van der Waals surface area contributed by atoms with Gasteiger partial charge >= 0.3 is 5.97 Å². The van der Waals surface area contributed by atoms with E-state index in [1.807, 2.05) is 67.6 Å². The molecule has 0 spiro atoms. The topological polar surface area (TPSA) is 55.8 Å². The van der Waals surface area contributed by atoms with Gasteiger partial charge in [0.2, 0.25) is 0 Å². The Bertz CT molecular complexity index is 1030. The van der Waals surface area contributed by atoms with E-state index in [0.717, 1.165) is 26.7 Å². The van der Waals surface area contributed by atoms with Crippen LogP contribution in [0.25, 0.3) is 5.57 Å². The summed E-state index contributed by atoms with van der Waals surface area (Å²) in [7, 11) is 0. The Morgan fingerprint density at radius 1 is 1.06 bits per heavy atom. The summed E-state index contributed by atoms with van der Waals surface area (Å²) in [4.78, 5) is 11.0. The lowest BCUT2D eigenvalue weighted by molar-refractivity contribution is -0.144. The first-order valence-electron chi connectivity index (χ1n) is 9.68. The number of aliphatic carboxylic acids is 1. The maximum Gasteiger partial charge on any atom is 0.344 e. The number of carboxylic acids is 1. The molecule has 1 unspecified atom stereocenters. The van der Waals surface area contributed by atoms with Crippen LogP contribution in [0.3, 0.4) is 0 Å². The Kier molecular flexibility index (Phi) is 7.77. The predicted molar refractivity (Wildman–Crippen MR) is 127 cm³/mol. The summed E-state index contributed by atoms with van der Waals surface area (Å²) in [6.07, 6.45) is 1.11. The molecule has 0 aliphatic rings. The average Bonchev–Trinajstić information content (AvgIpc) is 2.74. The van der Waals surface area contributed by atoms with Crippen molar-refractivity contribution < 1.29 is 19.4 Å². The Hall–Kier alpha value is -2.76. The van der Waals surface area contributed by atoms with Crippen molar-refractivity contribution in [3.8, 4) is 11.5 Å². The van der Waals surface area contributed by atoms with Gasteiger partial charge in [0.1, 0.15) is 18.1 Å². The minimum atomic E-state index is -1.01. The third kappa shape index (κ3) is 6.36. The number of benzene rings is 3. The third-order valence-corrected chi connectivity index (χ3v) is 5.43. The molecule has 0 fully saturated rings. The van der Waals surface area contributed by atoms with Crippen LogP contribution in [0.5, 0.6) is 11.5 Å². The van der Waals surface area contributed by atoms with Crippen LogP contribution in [0.1, 0.15) is 23.6 Å². The fourth-order valence-electron chi connectivity index (χ4n) is 2.97. The molecule has 1 N–H and O–H groups in total. The van der Waals surface area contributed by atoms with Crippen molar-refractivity contribution in [2.24, 2.45) is 0 Å². The van der Waals surface area contributed by atoms with E-state index >= 15 is 0 Å². The Morgan fingerprint density at radius 2 is 1.68 bits per heavy atom. The molecule has 160 valence electrons. The minimum absolute atomic E-state index is 0.360. The Labute approximate surface area is 195 Å². The fourth-order valence-corrected chi connectivity index (χ4v) is 3.36. The molecule has 3 rings (SSSR count). The first kappa shape index (κ1) is 22.9. The van der Waals surface area contributed by atoms with Crippen LogP contribution in [0, 0.1) is 6.92 Å². The van der Waals surface area contributed by atoms with E-state index in [4.69, 9.17) is 26.2 Å². The van der Waals surface area contributed by atoms with Crippen LogP contribution in [-0.2, 0) is 4.79 Å². The average molecular weight is 502 g/mol. The summed E-state index contributed by atoms with van der Waals surface area (Å²) in [5.41, 5.74) is 3.95. The molecule has 1 atom stereocenters. The maximum absolute atomic E-state index is 11.0. The fraction of sp³-hybridized carbons (Fsp3) is 0.160. The SMILES string of the molecule is Cc1cc(OC/C=C(/c2ccc(Cl)cc2)c2ccc(Br)cc2)ccc1OC(C)C(=O)O. The summed E-state index contributed by atoms with van der Waals surface area (Å²) in [5, 5.41) is 9.69. The number of ether oxygens (including phenoxy) is 2. The number of aryl methyl sites for hydroxylation is 1. The van der Waals surface area contributed by atoms with Gasteiger partial charge in [-0.15, -0.1) is 0 Å². The quantitative estimate of drug-likeness (QED) is 0.370. The second-order valence-electron chi connectivity index (χ2n) is 6.97. The standard InChI is InChI=1S/C25H22BrClO4/c1-16-15-22(11-12-24(16)31-17(2)25(28)29)30-14-13-23(18-3-7-20(26)8-4-18)19-5-9-21(27)10-6-19/h3-13,15,17H,14H2,1-2H3,(H,28,29)/b23-13+. The van der Waals surface area contributed by atoms with Crippen LogP contribution >= 0.6 is 27.5 Å². The number of halogens is 2. The molecule has 3 aromatic carbocycles. The lowest BCUT2D eigenvalue weighted by Crippen LogP contribution is -2.23. The van der Waals surface area contributed by atoms with Crippen LogP contribution in [0.2, 0.25) is 5.02 Å². The van der Waals surface area contributed by atoms with E-state index in [9.17, 15) is 4.79 Å². The highest BCUT2D eigenvalue weighted by Gasteiger charge is 2.14. The summed E-state index contributed by atoms with van der Waals surface area (Å²) >= 11 is 9.53. The van der Waals surface area contributed by atoms with Crippen LogP contribution < -0.4 is 9.47 Å². The van der Waals surface area contributed by atoms with Crippen molar-refractivity contribution in [3.05, 3.63) is 99.0 Å². The predicted octanol–water partition coefficient (Wildman–Crippen LogP) is 6.77. The van der Waals surface area contributed by atoms with E-state index in [-0.39, 0.29) is 0 Å². The first-order valence-corrected chi connectivity index (χ1v) is 10.9. The van der Waals surface area contributed by atoms with E-state index in [2.05, 4.69) is 15.9 Å². The highest BCUT2D eigenvalue weighted by atomic mass is 79.9. The van der Waals surface area contributed by atoms with E-state index in [0.29, 0.717) is 23.1 Å². The van der Waals surface area contributed by atoms with Gasteiger partial charge in [-0.1, -0.05) is 51.8 Å². The lowest BCUT2D eigenvalue weighted by Gasteiger charge is -2.14. The van der Waals surface area contributed by atoms with Crippen molar-refractivity contribution >= 4 is 39.1 Å². The lowest BCUT2D eigenvalue weighted by atomic mass is 9.98. The molecule has 31 heavy (non-hydrogen) atoms. The van der Waals surface area contributed by atoms with Crippen LogP contribution in [-0.4, -0.2) is 23.8 Å². The van der Waals surface area contributed by atoms with Gasteiger partial charge in [-0.2, -0.15) is 0 Å². The molecule has 3 aromatic rings. The molecule has 6 heteroatoms. The molecule has 0 saturated carbocycles. The van der Waals surface area contributed by atoms with Gasteiger partial charge in [-0.25, -0.2) is 4.79 Å². The molecule has 0 aliphatic heterocycles. The largest absolute Gasteiger partial charge is 0.489 e. The van der Waals surface area contributed by atoms with Gasteiger partial charge in [0.15, 0.2) is 6.10 Å². The maximum atomic E-state index is 11.0. The second-order valence-corrected chi connectivity index (χ2v) is 8.32. The van der Waals surface area contributed by atoms with Crippen molar-refractivity contribution in [1.82, 2.24) is 0 Å². The highest BCUT2D eigenvalue weighted by molar-refractivity contribution is 9.10. The molecule has 0 heterocycles. The minimum Gasteiger partial charge on any atom is -0.489 e. The second kappa shape index (κ2) is 10.5. The monoisotopic (exact) mass is 500 g/mol. The summed E-state index contributed by atoms with van der Waals surface area (Å²) in [5.74, 6) is 0.192. The van der Waals surface area contributed by atoms with Gasteiger partial charge in [0.05, 0.1) is 0 Å². The Morgan fingerprint density at radius 3 is 2.26 bits per heavy atom. The van der Waals surface area contributed by atoms with Gasteiger partial charge in [0, 0.05) is 9.50 Å². The molecule has 0 bridgehead atoms. The smallest absolute Gasteiger partial charge is 0.344 e. The molecule has 0 aromatic heterocycles. The number of rotatable bonds is 8. The Balaban J connectivity index is 1.78. The number of carboxylic acid groups (broad SMARTS) is 1. The summed E-state index contributed by atoms with van der Waals surface area (Å²) < 4.78 is 12.4. The number of hydrogen-bond acceptors (Lipinski definition) is 3. The summed E-state index contributed by atoms with van der Waals surface area (Å²) in [6.45, 7) is 3.71. The molecular weight excluding hydrogens is 480 g/mol. The van der Waals surface area contributed by atoms with Crippen LogP contribution in [0.15, 0.2) is 77.3 Å². The van der Waals surface area contributed by atoms with E-state index in [1.54, 1.807) is 12.1 Å². The summed E-state index contributed by atoms with van der Waals surface area (Å²) in [6, 6.07) is 21.1. The third-order valence-electron chi connectivity index (χ3n) is 4.65. The zero-order chi connectivity index (χ0) is 22.4. The van der Waals surface area contributed by atoms with Crippen molar-refractivity contribution in [2.75, 3.05) is 6.61 Å². The molecule has 0 radical (unpaired) electrons. The van der Waals surface area contributed by atoms with Gasteiger partial charge in [-0.05, 0) is 84.7 Å². The van der Waals surface area contributed by atoms with Crippen LogP contribution in [0.4, 0.5) is 0 Å². The van der Waals surface area contributed by atoms with Crippen molar-refractivity contribution in [3.63, 3.8) is 0 Å². The molecular formula is C25H22BrClO4. The molecule has 0 aliphatic carbocycles. The zero-order valence-corrected chi connectivity index (χ0v) is 19.5. The molecule has 0 saturated heterocycles. The molecule has 4 nitrogen and oxygen atoms in total. The normalized spacial score (nSPS) is 12.3. The van der Waals surface area contributed by atoms with Crippen molar-refractivity contribution in [1.29, 1.82) is 0 Å². The first-order chi connectivity index (χ1) is 14.8. The van der Waals surface area contributed by atoms with Gasteiger partial charge in [0.25, 0.3) is 0 Å². The van der Waals surface area contributed by atoms with Gasteiger partial charge in [-0.3, -0.25) is 0 Å². The van der Waals surface area contributed by atoms with E-state index in [1.165, 1.54) is 6.92 Å². The highest BCUT2D eigenvalue weighted by Crippen LogP contribution is 2.27. The van der Waals surface area contributed by atoms with E-state index < -0.39 is 12.1 Å². The van der Waals surface area contributed by atoms with Gasteiger partial charge < -0.3 is 14.6 Å². The number of hydrogen-bond donors (Lipinski definition) is 1. The van der Waals surface area contributed by atoms with Crippen molar-refractivity contribution in [2.45, 2.75) is 20.0 Å². The molecule has 0 amide bonds.